The minimum absolute atomic E-state index is 0.0348. The zero-order valence-corrected chi connectivity index (χ0v) is 11.4. The maximum Gasteiger partial charge on any atom is 0.189 e. The fourth-order valence-electron chi connectivity index (χ4n) is 1.75. The lowest BCUT2D eigenvalue weighted by atomic mass is 10.1. The van der Waals surface area contributed by atoms with Crippen LogP contribution < -0.4 is 11.1 Å². The van der Waals surface area contributed by atoms with Crippen LogP contribution in [0.3, 0.4) is 0 Å². The largest absolute Gasteiger partial charge is 0.409 e. The molecule has 0 aliphatic carbocycles. The Labute approximate surface area is 124 Å². The van der Waals surface area contributed by atoms with Crippen molar-refractivity contribution in [1.82, 2.24) is 4.98 Å². The van der Waals surface area contributed by atoms with Crippen molar-refractivity contribution < 1.29 is 14.0 Å². The minimum Gasteiger partial charge on any atom is -0.409 e. The summed E-state index contributed by atoms with van der Waals surface area (Å²) in [6.07, 6.45) is 1.47. The highest BCUT2D eigenvalue weighted by Crippen LogP contribution is 2.27. The molecular weight excluding hydrogens is 302 g/mol. The van der Waals surface area contributed by atoms with E-state index in [1.165, 1.54) is 6.20 Å². The van der Waals surface area contributed by atoms with E-state index in [1.807, 2.05) is 0 Å². The number of hydrogen-bond donors (Lipinski definition) is 3. The second-order valence-corrected chi connectivity index (χ2v) is 4.50. The summed E-state index contributed by atoms with van der Waals surface area (Å²) in [6.45, 7) is 0.113. The lowest BCUT2D eigenvalue weighted by Gasteiger charge is -2.12. The lowest BCUT2D eigenvalue weighted by Crippen LogP contribution is -2.18. The molecule has 1 aromatic carbocycles. The molecule has 5 nitrogen and oxygen atoms in total. The quantitative estimate of drug-likeness (QED) is 0.351. The number of nitrogens with zero attached hydrogens (tertiary/aromatic N) is 2. The summed E-state index contributed by atoms with van der Waals surface area (Å²) >= 11 is 5.78. The van der Waals surface area contributed by atoms with E-state index in [1.54, 1.807) is 12.1 Å². The highest BCUT2D eigenvalue weighted by Gasteiger charge is 2.12. The van der Waals surface area contributed by atoms with E-state index in [0.29, 0.717) is 5.56 Å². The standard InChI is InChI=1S/C13H11ClF2N4O/c14-9-4-8(15)5-10(16)12(9)19-6-7-2-1-3-18-11(7)13(17)20-21/h1-5,19,21H,6H2,(H2,17,20). The van der Waals surface area contributed by atoms with Crippen LogP contribution in [0.15, 0.2) is 35.6 Å². The van der Waals surface area contributed by atoms with E-state index in [4.69, 9.17) is 22.5 Å². The van der Waals surface area contributed by atoms with Gasteiger partial charge in [-0.1, -0.05) is 22.8 Å². The van der Waals surface area contributed by atoms with E-state index in [9.17, 15) is 8.78 Å². The van der Waals surface area contributed by atoms with Gasteiger partial charge in [-0.15, -0.1) is 0 Å². The first-order chi connectivity index (χ1) is 10.0. The Bertz CT molecular complexity index is 671. The first kappa shape index (κ1) is 15.0. The molecule has 1 aromatic heterocycles. The Balaban J connectivity index is 2.26. The van der Waals surface area contributed by atoms with Crippen molar-refractivity contribution in [2.24, 2.45) is 10.9 Å². The first-order valence-electron chi connectivity index (χ1n) is 5.83. The number of nitrogens with one attached hydrogen (secondary N) is 1. The van der Waals surface area contributed by atoms with Crippen LogP contribution in [0.25, 0.3) is 0 Å². The van der Waals surface area contributed by atoms with Gasteiger partial charge in [-0.25, -0.2) is 8.78 Å². The van der Waals surface area contributed by atoms with Crippen LogP contribution in [0.1, 0.15) is 11.3 Å². The molecule has 0 unspecified atom stereocenters. The number of pyridine rings is 1. The highest BCUT2D eigenvalue weighted by molar-refractivity contribution is 6.33. The summed E-state index contributed by atoms with van der Waals surface area (Å²) in [5.41, 5.74) is 6.29. The lowest BCUT2D eigenvalue weighted by molar-refractivity contribution is 0.318. The van der Waals surface area contributed by atoms with Crippen LogP contribution in [-0.2, 0) is 6.54 Å². The van der Waals surface area contributed by atoms with Crippen LogP contribution in [-0.4, -0.2) is 16.0 Å². The Kier molecular flexibility index (Phi) is 4.54. The van der Waals surface area contributed by atoms with Gasteiger partial charge in [0.25, 0.3) is 0 Å². The van der Waals surface area contributed by atoms with Crippen molar-refractivity contribution in [3.63, 3.8) is 0 Å². The molecule has 0 fully saturated rings. The molecule has 0 aliphatic heterocycles. The molecule has 1 heterocycles. The fraction of sp³-hybridized carbons (Fsp3) is 0.0769. The monoisotopic (exact) mass is 312 g/mol. The molecule has 0 saturated heterocycles. The second-order valence-electron chi connectivity index (χ2n) is 4.09. The molecule has 0 aliphatic rings. The van der Waals surface area contributed by atoms with E-state index in [-0.39, 0.29) is 28.8 Å². The van der Waals surface area contributed by atoms with Gasteiger partial charge in [0, 0.05) is 24.4 Å². The van der Waals surface area contributed by atoms with Gasteiger partial charge in [0.1, 0.15) is 11.5 Å². The fourth-order valence-corrected chi connectivity index (χ4v) is 2.02. The number of amidine groups is 1. The van der Waals surface area contributed by atoms with Crippen molar-refractivity contribution in [2.75, 3.05) is 5.32 Å². The zero-order valence-electron chi connectivity index (χ0n) is 10.6. The van der Waals surface area contributed by atoms with Crippen LogP contribution >= 0.6 is 11.6 Å². The minimum atomic E-state index is -0.811. The van der Waals surface area contributed by atoms with Crippen LogP contribution in [0, 0.1) is 11.6 Å². The Morgan fingerprint density at radius 3 is 2.86 bits per heavy atom. The molecular formula is C13H11ClF2N4O. The molecule has 2 rings (SSSR count). The zero-order chi connectivity index (χ0) is 15.4. The first-order valence-corrected chi connectivity index (χ1v) is 6.21. The number of halogens is 3. The van der Waals surface area contributed by atoms with E-state index in [2.05, 4.69) is 15.5 Å². The van der Waals surface area contributed by atoms with Gasteiger partial charge in [0.2, 0.25) is 0 Å². The van der Waals surface area contributed by atoms with Gasteiger partial charge < -0.3 is 16.3 Å². The average molecular weight is 313 g/mol. The van der Waals surface area contributed by atoms with Gasteiger partial charge in [-0.3, -0.25) is 4.98 Å². The number of oxime groups is 1. The van der Waals surface area contributed by atoms with Crippen molar-refractivity contribution in [3.05, 3.63) is 58.4 Å². The van der Waals surface area contributed by atoms with Crippen LogP contribution in [0.5, 0.6) is 0 Å². The average Bonchev–Trinajstić information content (AvgIpc) is 2.45. The van der Waals surface area contributed by atoms with E-state index >= 15 is 0 Å². The van der Waals surface area contributed by atoms with Crippen LogP contribution in [0.2, 0.25) is 5.02 Å². The predicted molar refractivity (Wildman–Crippen MR) is 75.4 cm³/mol. The summed E-state index contributed by atoms with van der Waals surface area (Å²) in [5, 5.41) is 14.2. The van der Waals surface area contributed by atoms with Gasteiger partial charge in [0.15, 0.2) is 11.7 Å². The van der Waals surface area contributed by atoms with Crippen molar-refractivity contribution in [3.8, 4) is 0 Å². The number of aromatic nitrogens is 1. The SMILES string of the molecule is N/C(=N/O)c1ncccc1CNc1c(F)cc(F)cc1Cl. The Morgan fingerprint density at radius 2 is 2.19 bits per heavy atom. The topological polar surface area (TPSA) is 83.5 Å². The molecule has 0 bridgehead atoms. The molecule has 2 aromatic rings. The highest BCUT2D eigenvalue weighted by atomic mass is 35.5. The number of hydrogen-bond acceptors (Lipinski definition) is 4. The summed E-state index contributed by atoms with van der Waals surface area (Å²) in [5.74, 6) is -1.74. The molecule has 0 atom stereocenters. The van der Waals surface area contributed by atoms with E-state index in [0.717, 1.165) is 12.1 Å². The molecule has 21 heavy (non-hydrogen) atoms. The number of nitrogens with two attached hydrogens (primary N) is 1. The summed E-state index contributed by atoms with van der Waals surface area (Å²) in [6, 6.07) is 5.04. The second kappa shape index (κ2) is 6.36. The Hall–Kier alpha value is -2.41. The summed E-state index contributed by atoms with van der Waals surface area (Å²) in [7, 11) is 0. The molecule has 0 radical (unpaired) electrons. The van der Waals surface area contributed by atoms with Gasteiger partial charge in [-0.2, -0.15) is 0 Å². The van der Waals surface area contributed by atoms with Crippen molar-refractivity contribution >= 4 is 23.1 Å². The molecule has 8 heteroatoms. The predicted octanol–water partition coefficient (Wildman–Crippen LogP) is 2.72. The van der Waals surface area contributed by atoms with Gasteiger partial charge >= 0.3 is 0 Å². The smallest absolute Gasteiger partial charge is 0.189 e. The Morgan fingerprint density at radius 1 is 1.43 bits per heavy atom. The van der Waals surface area contributed by atoms with Crippen molar-refractivity contribution in [2.45, 2.75) is 6.54 Å². The molecule has 110 valence electrons. The molecule has 0 saturated carbocycles. The summed E-state index contributed by atoms with van der Waals surface area (Å²) < 4.78 is 26.6. The third-order valence-corrected chi connectivity index (χ3v) is 3.00. The van der Waals surface area contributed by atoms with Crippen LogP contribution in [0.4, 0.5) is 14.5 Å². The summed E-state index contributed by atoms with van der Waals surface area (Å²) in [4.78, 5) is 3.98. The molecule has 0 spiro atoms. The van der Waals surface area contributed by atoms with Gasteiger partial charge in [0.05, 0.1) is 10.7 Å². The number of rotatable bonds is 4. The number of anilines is 1. The maximum absolute atomic E-state index is 13.6. The normalized spacial score (nSPS) is 11.5. The third kappa shape index (κ3) is 3.38. The maximum atomic E-state index is 13.6. The van der Waals surface area contributed by atoms with E-state index < -0.39 is 11.6 Å². The van der Waals surface area contributed by atoms with Gasteiger partial charge in [-0.05, 0) is 12.1 Å². The van der Waals surface area contributed by atoms with Crippen molar-refractivity contribution in [1.29, 1.82) is 0 Å². The third-order valence-electron chi connectivity index (χ3n) is 2.70. The number of benzene rings is 1. The molecule has 4 N–H and O–H groups in total. The molecule has 0 amide bonds.